The van der Waals surface area contributed by atoms with Crippen molar-refractivity contribution in [3.8, 4) is 0 Å². The molecule has 0 aromatic heterocycles. The van der Waals surface area contributed by atoms with E-state index in [1.54, 1.807) is 6.92 Å². The summed E-state index contributed by atoms with van der Waals surface area (Å²) in [5.41, 5.74) is 0.717. The van der Waals surface area contributed by atoms with Gasteiger partial charge < -0.3 is 15.4 Å². The first-order valence-corrected chi connectivity index (χ1v) is 7.60. The topological polar surface area (TPSA) is 84.5 Å². The van der Waals surface area contributed by atoms with Crippen LogP contribution in [0.1, 0.15) is 15.9 Å². The Bertz CT molecular complexity index is 840. The monoisotopic (exact) mass is 362 g/mol. The van der Waals surface area contributed by atoms with Crippen molar-refractivity contribution in [1.82, 2.24) is 5.32 Å². The van der Waals surface area contributed by atoms with Crippen LogP contribution in [0.4, 0.5) is 14.5 Å². The molecular weight excluding hydrogens is 346 g/mol. The van der Waals surface area contributed by atoms with Crippen LogP contribution in [0, 0.1) is 18.6 Å². The number of hydrogen-bond acceptors (Lipinski definition) is 4. The van der Waals surface area contributed by atoms with Gasteiger partial charge in [0.2, 0.25) is 0 Å². The molecule has 0 atom stereocenters. The van der Waals surface area contributed by atoms with Crippen LogP contribution in [0.5, 0.6) is 0 Å². The molecule has 0 saturated heterocycles. The van der Waals surface area contributed by atoms with E-state index in [9.17, 15) is 23.2 Å². The van der Waals surface area contributed by atoms with Gasteiger partial charge in [-0.05, 0) is 42.8 Å². The van der Waals surface area contributed by atoms with Crippen molar-refractivity contribution < 1.29 is 27.9 Å². The predicted molar refractivity (Wildman–Crippen MR) is 89.5 cm³/mol. The van der Waals surface area contributed by atoms with E-state index in [4.69, 9.17) is 4.74 Å². The Morgan fingerprint density at radius 1 is 1.08 bits per heavy atom. The van der Waals surface area contributed by atoms with Gasteiger partial charge in [0.05, 0.1) is 0 Å². The lowest BCUT2D eigenvalue weighted by Gasteiger charge is -2.08. The predicted octanol–water partition coefficient (Wildman–Crippen LogP) is 2.18. The number of aryl methyl sites for hydroxylation is 1. The number of nitrogens with one attached hydrogen (secondary N) is 2. The lowest BCUT2D eigenvalue weighted by Crippen LogP contribution is -2.32. The van der Waals surface area contributed by atoms with E-state index < -0.39 is 42.6 Å². The summed E-state index contributed by atoms with van der Waals surface area (Å²) in [4.78, 5) is 35.0. The lowest BCUT2D eigenvalue weighted by molar-refractivity contribution is -0.146. The van der Waals surface area contributed by atoms with E-state index in [1.165, 1.54) is 30.3 Å². The van der Waals surface area contributed by atoms with Crippen LogP contribution < -0.4 is 10.6 Å². The minimum atomic E-state index is -0.847. The summed E-state index contributed by atoms with van der Waals surface area (Å²) in [6.07, 6.45) is 0. The Balaban J connectivity index is 1.74. The number of anilines is 1. The molecule has 0 saturated carbocycles. The highest BCUT2D eigenvalue weighted by Crippen LogP contribution is 2.13. The molecule has 0 aliphatic rings. The van der Waals surface area contributed by atoms with E-state index in [-0.39, 0.29) is 11.3 Å². The first kappa shape index (κ1) is 19.0. The molecule has 0 unspecified atom stereocenters. The summed E-state index contributed by atoms with van der Waals surface area (Å²) in [5, 5.41) is 4.63. The molecule has 0 aliphatic carbocycles. The molecule has 2 rings (SSSR count). The van der Waals surface area contributed by atoms with E-state index >= 15 is 0 Å². The lowest BCUT2D eigenvalue weighted by atomic mass is 10.2. The Hall–Kier alpha value is -3.29. The van der Waals surface area contributed by atoms with E-state index in [0.29, 0.717) is 5.56 Å². The summed E-state index contributed by atoms with van der Waals surface area (Å²) < 4.78 is 31.1. The van der Waals surface area contributed by atoms with Gasteiger partial charge in [-0.3, -0.25) is 14.4 Å². The molecule has 2 N–H and O–H groups in total. The first-order valence-electron chi connectivity index (χ1n) is 7.60. The van der Waals surface area contributed by atoms with Crippen LogP contribution in [0.15, 0.2) is 42.5 Å². The molecule has 2 amide bonds. The number of hydrogen-bond donors (Lipinski definition) is 2. The van der Waals surface area contributed by atoms with Crippen LogP contribution in [0.25, 0.3) is 0 Å². The van der Waals surface area contributed by atoms with Crippen molar-refractivity contribution in [2.75, 3.05) is 18.5 Å². The van der Waals surface area contributed by atoms with Crippen LogP contribution >= 0.6 is 0 Å². The smallest absolute Gasteiger partial charge is 0.325 e. The summed E-state index contributed by atoms with van der Waals surface area (Å²) >= 11 is 0. The number of carbonyl (C=O) groups is 3. The maximum atomic E-state index is 13.4. The SMILES string of the molecule is Cc1ccc(NC(=O)COC(=O)CNC(=O)c2cccc(F)c2)cc1F. The van der Waals surface area contributed by atoms with Gasteiger partial charge in [-0.1, -0.05) is 12.1 Å². The molecule has 0 spiro atoms. The molecule has 0 bridgehead atoms. The van der Waals surface area contributed by atoms with Crippen LogP contribution in [0.3, 0.4) is 0 Å². The highest BCUT2D eigenvalue weighted by atomic mass is 19.1. The second-order valence-electron chi connectivity index (χ2n) is 5.37. The highest BCUT2D eigenvalue weighted by molar-refractivity contribution is 5.96. The van der Waals surface area contributed by atoms with Gasteiger partial charge >= 0.3 is 5.97 Å². The molecule has 8 heteroatoms. The maximum absolute atomic E-state index is 13.4. The quantitative estimate of drug-likeness (QED) is 0.772. The molecule has 136 valence electrons. The molecule has 2 aromatic carbocycles. The van der Waals surface area contributed by atoms with Crippen molar-refractivity contribution in [2.45, 2.75) is 6.92 Å². The fourth-order valence-corrected chi connectivity index (χ4v) is 1.95. The fraction of sp³-hybridized carbons (Fsp3) is 0.167. The van der Waals surface area contributed by atoms with Gasteiger partial charge in [0.15, 0.2) is 6.61 Å². The summed E-state index contributed by atoms with van der Waals surface area (Å²) in [7, 11) is 0. The molecule has 26 heavy (non-hydrogen) atoms. The highest BCUT2D eigenvalue weighted by Gasteiger charge is 2.12. The second kappa shape index (κ2) is 8.70. The molecular formula is C18H16F2N2O4. The van der Waals surface area contributed by atoms with Crippen molar-refractivity contribution in [3.63, 3.8) is 0 Å². The number of benzene rings is 2. The van der Waals surface area contributed by atoms with Gasteiger partial charge in [0.1, 0.15) is 18.2 Å². The van der Waals surface area contributed by atoms with E-state index in [2.05, 4.69) is 10.6 Å². The number of rotatable bonds is 6. The first-order chi connectivity index (χ1) is 12.3. The number of carbonyl (C=O) groups excluding carboxylic acids is 3. The molecule has 0 aliphatic heterocycles. The Morgan fingerprint density at radius 3 is 2.54 bits per heavy atom. The van der Waals surface area contributed by atoms with E-state index in [1.807, 2.05) is 0 Å². The third-order valence-corrected chi connectivity index (χ3v) is 3.30. The standard InChI is InChI=1S/C18H16F2N2O4/c1-11-5-6-14(8-15(11)20)22-16(23)10-26-17(24)9-21-18(25)12-3-2-4-13(19)7-12/h2-8H,9-10H2,1H3,(H,21,25)(H,22,23). The van der Waals surface area contributed by atoms with Crippen molar-refractivity contribution >= 4 is 23.5 Å². The van der Waals surface area contributed by atoms with Gasteiger partial charge in [-0.2, -0.15) is 0 Å². The Labute approximate surface area is 148 Å². The van der Waals surface area contributed by atoms with Crippen molar-refractivity contribution in [3.05, 3.63) is 65.2 Å². The molecule has 0 fully saturated rings. The minimum absolute atomic E-state index is 0.0527. The molecule has 6 nitrogen and oxygen atoms in total. The van der Waals surface area contributed by atoms with Gasteiger partial charge in [-0.25, -0.2) is 8.78 Å². The average Bonchev–Trinajstić information content (AvgIpc) is 2.61. The zero-order valence-corrected chi connectivity index (χ0v) is 13.8. The fourth-order valence-electron chi connectivity index (χ4n) is 1.95. The van der Waals surface area contributed by atoms with Crippen LogP contribution in [0.2, 0.25) is 0 Å². The Kier molecular flexibility index (Phi) is 6.37. The van der Waals surface area contributed by atoms with Gasteiger partial charge in [-0.15, -0.1) is 0 Å². The molecule has 0 heterocycles. The van der Waals surface area contributed by atoms with Crippen LogP contribution in [-0.4, -0.2) is 30.9 Å². The number of halogens is 2. The summed E-state index contributed by atoms with van der Waals surface area (Å²) in [5.74, 6) is -3.21. The summed E-state index contributed by atoms with van der Waals surface area (Å²) in [6.45, 7) is 0.507. The van der Waals surface area contributed by atoms with Gasteiger partial charge in [0, 0.05) is 11.3 Å². The summed E-state index contributed by atoms with van der Waals surface area (Å²) in [6, 6.07) is 9.11. The van der Waals surface area contributed by atoms with Gasteiger partial charge in [0.25, 0.3) is 11.8 Å². The maximum Gasteiger partial charge on any atom is 0.325 e. The largest absolute Gasteiger partial charge is 0.454 e. The third-order valence-electron chi connectivity index (χ3n) is 3.30. The van der Waals surface area contributed by atoms with E-state index in [0.717, 1.165) is 12.1 Å². The number of ether oxygens (including phenoxy) is 1. The zero-order chi connectivity index (χ0) is 19.1. The molecule has 0 radical (unpaired) electrons. The third kappa shape index (κ3) is 5.66. The number of amides is 2. The second-order valence-corrected chi connectivity index (χ2v) is 5.37. The minimum Gasteiger partial charge on any atom is -0.454 e. The van der Waals surface area contributed by atoms with Crippen molar-refractivity contribution in [2.24, 2.45) is 0 Å². The normalized spacial score (nSPS) is 10.1. The molecule has 2 aromatic rings. The van der Waals surface area contributed by atoms with Crippen LogP contribution in [-0.2, 0) is 14.3 Å². The number of esters is 1. The zero-order valence-electron chi connectivity index (χ0n) is 13.8. The van der Waals surface area contributed by atoms with Crippen molar-refractivity contribution in [1.29, 1.82) is 0 Å². The Morgan fingerprint density at radius 2 is 1.85 bits per heavy atom. The average molecular weight is 362 g/mol.